The van der Waals surface area contributed by atoms with Gasteiger partial charge in [-0.1, -0.05) is 15.9 Å². The van der Waals surface area contributed by atoms with Crippen molar-refractivity contribution in [3.8, 4) is 0 Å². The lowest BCUT2D eigenvalue weighted by atomic mass is 10.1. The van der Waals surface area contributed by atoms with Crippen LogP contribution in [-0.2, 0) is 0 Å². The van der Waals surface area contributed by atoms with Gasteiger partial charge in [0.2, 0.25) is 0 Å². The van der Waals surface area contributed by atoms with E-state index in [1.807, 2.05) is 38.1 Å². The minimum absolute atomic E-state index is 0.162. The van der Waals surface area contributed by atoms with Crippen molar-refractivity contribution in [2.75, 3.05) is 11.1 Å². The molecule has 0 spiro atoms. The highest BCUT2D eigenvalue weighted by molar-refractivity contribution is 9.11. The summed E-state index contributed by atoms with van der Waals surface area (Å²) in [5, 5.41) is 2.92. The van der Waals surface area contributed by atoms with E-state index in [-0.39, 0.29) is 5.91 Å². The van der Waals surface area contributed by atoms with Gasteiger partial charge in [0.25, 0.3) is 5.91 Å². The number of nitrogens with two attached hydrogens (primary N) is 1. The Kier molecular flexibility index (Phi) is 4.50. The van der Waals surface area contributed by atoms with Crippen molar-refractivity contribution in [2.45, 2.75) is 13.8 Å². The van der Waals surface area contributed by atoms with Crippen LogP contribution >= 0.6 is 31.9 Å². The zero-order valence-electron chi connectivity index (χ0n) is 11.1. The number of benzene rings is 2. The van der Waals surface area contributed by atoms with Crippen molar-refractivity contribution in [1.82, 2.24) is 0 Å². The zero-order valence-corrected chi connectivity index (χ0v) is 14.3. The van der Waals surface area contributed by atoms with Crippen LogP contribution in [0.1, 0.15) is 21.5 Å². The summed E-state index contributed by atoms with van der Waals surface area (Å²) in [5.74, 6) is -0.162. The fourth-order valence-electron chi connectivity index (χ4n) is 1.83. The van der Waals surface area contributed by atoms with E-state index < -0.39 is 0 Å². The molecule has 2 rings (SSSR count). The van der Waals surface area contributed by atoms with Crippen LogP contribution in [0.3, 0.4) is 0 Å². The van der Waals surface area contributed by atoms with E-state index in [0.29, 0.717) is 5.56 Å². The molecular formula is C15H14Br2N2O. The van der Waals surface area contributed by atoms with Crippen LogP contribution in [-0.4, -0.2) is 5.91 Å². The number of carbonyl (C=O) groups excluding carboxylic acids is 1. The van der Waals surface area contributed by atoms with Crippen molar-refractivity contribution in [3.63, 3.8) is 0 Å². The number of rotatable bonds is 2. The molecule has 0 atom stereocenters. The molecule has 0 saturated carbocycles. The zero-order chi connectivity index (χ0) is 14.9. The predicted molar refractivity (Wildman–Crippen MR) is 90.1 cm³/mol. The van der Waals surface area contributed by atoms with Gasteiger partial charge in [-0.15, -0.1) is 0 Å². The molecule has 0 radical (unpaired) electrons. The predicted octanol–water partition coefficient (Wildman–Crippen LogP) is 4.66. The molecule has 0 fully saturated rings. The summed E-state index contributed by atoms with van der Waals surface area (Å²) in [7, 11) is 0. The van der Waals surface area contributed by atoms with Crippen molar-refractivity contribution >= 4 is 49.1 Å². The number of hydrogen-bond acceptors (Lipinski definition) is 2. The second-order valence-electron chi connectivity index (χ2n) is 4.60. The molecule has 0 bridgehead atoms. The van der Waals surface area contributed by atoms with Gasteiger partial charge < -0.3 is 11.1 Å². The topological polar surface area (TPSA) is 55.1 Å². The van der Waals surface area contributed by atoms with Gasteiger partial charge in [-0.05, 0) is 71.2 Å². The Bertz CT molecular complexity index is 684. The number of carbonyl (C=O) groups is 1. The first-order valence-corrected chi connectivity index (χ1v) is 7.60. The van der Waals surface area contributed by atoms with Crippen LogP contribution in [0.15, 0.2) is 39.3 Å². The Morgan fingerprint density at radius 2 is 1.80 bits per heavy atom. The summed E-state index contributed by atoms with van der Waals surface area (Å²) in [6, 6.07) is 9.23. The molecule has 20 heavy (non-hydrogen) atoms. The molecule has 0 heterocycles. The highest BCUT2D eigenvalue weighted by Gasteiger charge is 2.12. The highest BCUT2D eigenvalue weighted by atomic mass is 79.9. The van der Waals surface area contributed by atoms with E-state index in [0.717, 1.165) is 31.4 Å². The summed E-state index contributed by atoms with van der Waals surface area (Å²) in [6.07, 6.45) is 0. The second-order valence-corrected chi connectivity index (χ2v) is 6.37. The normalized spacial score (nSPS) is 10.4. The minimum atomic E-state index is -0.162. The summed E-state index contributed by atoms with van der Waals surface area (Å²) < 4.78 is 1.61. The minimum Gasteiger partial charge on any atom is -0.399 e. The third kappa shape index (κ3) is 3.22. The van der Waals surface area contributed by atoms with Gasteiger partial charge in [-0.3, -0.25) is 4.79 Å². The first-order chi connectivity index (χ1) is 9.38. The Morgan fingerprint density at radius 3 is 2.50 bits per heavy atom. The number of nitrogens with one attached hydrogen (secondary N) is 1. The van der Waals surface area contributed by atoms with Gasteiger partial charge in [0.15, 0.2) is 0 Å². The lowest BCUT2D eigenvalue weighted by Crippen LogP contribution is -2.14. The molecule has 0 aromatic heterocycles. The van der Waals surface area contributed by atoms with E-state index in [4.69, 9.17) is 5.73 Å². The fraction of sp³-hybridized carbons (Fsp3) is 0.133. The molecule has 0 aliphatic heterocycles. The summed E-state index contributed by atoms with van der Waals surface area (Å²) in [4.78, 5) is 12.3. The van der Waals surface area contributed by atoms with Crippen LogP contribution in [0.25, 0.3) is 0 Å². The summed E-state index contributed by atoms with van der Waals surface area (Å²) in [6.45, 7) is 3.83. The van der Waals surface area contributed by atoms with Gasteiger partial charge in [0.05, 0.1) is 5.56 Å². The highest BCUT2D eigenvalue weighted by Crippen LogP contribution is 2.25. The van der Waals surface area contributed by atoms with Crippen molar-refractivity contribution in [3.05, 3.63) is 56.0 Å². The Morgan fingerprint density at radius 1 is 1.10 bits per heavy atom. The average Bonchev–Trinajstić information content (AvgIpc) is 2.38. The molecule has 5 heteroatoms. The fourth-order valence-corrected chi connectivity index (χ4v) is 2.62. The number of nitrogen functional groups attached to an aromatic ring is 1. The number of halogens is 2. The van der Waals surface area contributed by atoms with E-state index in [1.165, 1.54) is 0 Å². The summed E-state index contributed by atoms with van der Waals surface area (Å²) >= 11 is 6.76. The van der Waals surface area contributed by atoms with E-state index in [9.17, 15) is 4.79 Å². The molecule has 3 nitrogen and oxygen atoms in total. The number of amides is 1. The molecule has 0 unspecified atom stereocenters. The molecule has 104 valence electrons. The maximum absolute atomic E-state index is 12.3. The van der Waals surface area contributed by atoms with Crippen LogP contribution in [0, 0.1) is 13.8 Å². The van der Waals surface area contributed by atoms with Gasteiger partial charge in [-0.25, -0.2) is 0 Å². The van der Waals surface area contributed by atoms with Crippen molar-refractivity contribution in [2.24, 2.45) is 0 Å². The molecular weight excluding hydrogens is 384 g/mol. The molecule has 2 aromatic carbocycles. The third-order valence-corrected chi connectivity index (χ3v) is 4.22. The molecule has 2 aromatic rings. The number of anilines is 2. The van der Waals surface area contributed by atoms with Gasteiger partial charge in [-0.2, -0.15) is 0 Å². The van der Waals surface area contributed by atoms with Crippen LogP contribution in [0.5, 0.6) is 0 Å². The van der Waals surface area contributed by atoms with Crippen molar-refractivity contribution < 1.29 is 4.79 Å². The first-order valence-electron chi connectivity index (χ1n) is 6.01. The second kappa shape index (κ2) is 5.97. The molecule has 0 saturated heterocycles. The number of aryl methyl sites for hydroxylation is 2. The van der Waals surface area contributed by atoms with Crippen LogP contribution < -0.4 is 11.1 Å². The average molecular weight is 398 g/mol. The van der Waals surface area contributed by atoms with E-state index in [1.54, 1.807) is 6.07 Å². The Hall–Kier alpha value is -1.33. The van der Waals surface area contributed by atoms with Crippen LogP contribution in [0.4, 0.5) is 11.4 Å². The molecule has 0 aliphatic carbocycles. The van der Waals surface area contributed by atoms with E-state index >= 15 is 0 Å². The van der Waals surface area contributed by atoms with Crippen molar-refractivity contribution in [1.29, 1.82) is 0 Å². The molecule has 0 aliphatic rings. The molecule has 3 N–H and O–H groups in total. The Balaban J connectivity index is 2.32. The van der Waals surface area contributed by atoms with Gasteiger partial charge in [0, 0.05) is 20.3 Å². The monoisotopic (exact) mass is 396 g/mol. The standard InChI is InChI=1S/C15H14Br2N2O/c1-8-6-14(9(2)5-13(8)18)19-15(20)11-7-10(16)3-4-12(11)17/h3-7H,18H2,1-2H3,(H,19,20). The lowest BCUT2D eigenvalue weighted by Gasteiger charge is -2.12. The van der Waals surface area contributed by atoms with E-state index in [2.05, 4.69) is 37.2 Å². The summed E-state index contributed by atoms with van der Waals surface area (Å²) in [5.41, 5.74) is 9.81. The quantitative estimate of drug-likeness (QED) is 0.723. The SMILES string of the molecule is Cc1cc(NC(=O)c2cc(Br)ccc2Br)c(C)cc1N. The largest absolute Gasteiger partial charge is 0.399 e. The maximum Gasteiger partial charge on any atom is 0.256 e. The molecule has 1 amide bonds. The maximum atomic E-state index is 12.3. The smallest absolute Gasteiger partial charge is 0.256 e. The third-order valence-electron chi connectivity index (χ3n) is 3.03. The van der Waals surface area contributed by atoms with Gasteiger partial charge >= 0.3 is 0 Å². The van der Waals surface area contributed by atoms with Crippen LogP contribution in [0.2, 0.25) is 0 Å². The lowest BCUT2D eigenvalue weighted by molar-refractivity contribution is 0.102. The first kappa shape index (κ1) is 15.1. The number of hydrogen-bond donors (Lipinski definition) is 2. The Labute approximate surface area is 134 Å². The van der Waals surface area contributed by atoms with Gasteiger partial charge in [0.1, 0.15) is 0 Å².